The lowest BCUT2D eigenvalue weighted by atomic mass is 9.97. The van der Waals surface area contributed by atoms with Crippen LogP contribution >= 0.6 is 0 Å². The highest BCUT2D eigenvalue weighted by Gasteiger charge is 2.51. The number of rotatable bonds is 63. The lowest BCUT2D eigenvalue weighted by molar-refractivity contribution is -0.359. The van der Waals surface area contributed by atoms with E-state index >= 15 is 0 Å². The van der Waals surface area contributed by atoms with Crippen molar-refractivity contribution in [1.29, 1.82) is 0 Å². The van der Waals surface area contributed by atoms with Gasteiger partial charge in [-0.2, -0.15) is 0 Å². The van der Waals surface area contributed by atoms with Crippen LogP contribution in [0.15, 0.2) is 134 Å². The Morgan fingerprint density at radius 1 is 0.381 bits per heavy atom. The first-order valence-electron chi connectivity index (χ1n) is 38.9. The molecule has 97 heavy (non-hydrogen) atoms. The molecule has 0 spiro atoms. The fourth-order valence-electron chi connectivity index (χ4n) is 11.9. The molecule has 2 rings (SSSR count). The summed E-state index contributed by atoms with van der Waals surface area (Å²) in [7, 11) is 0. The molecule has 12 atom stereocenters. The van der Waals surface area contributed by atoms with Crippen LogP contribution in [0.25, 0.3) is 0 Å². The van der Waals surface area contributed by atoms with Crippen LogP contribution in [0.4, 0.5) is 0 Å². The van der Waals surface area contributed by atoms with Gasteiger partial charge in [0.2, 0.25) is 5.91 Å². The van der Waals surface area contributed by atoms with Gasteiger partial charge in [-0.3, -0.25) is 4.79 Å². The lowest BCUT2D eigenvalue weighted by Crippen LogP contribution is -2.65. The number of aliphatic hydroxyl groups is 8. The maximum absolute atomic E-state index is 13.4. The molecule has 0 aromatic carbocycles. The van der Waals surface area contributed by atoms with E-state index in [1.807, 2.05) is 6.08 Å². The second-order valence-electron chi connectivity index (χ2n) is 26.7. The molecule has 1 amide bonds. The van der Waals surface area contributed by atoms with Crippen molar-refractivity contribution in [3.63, 3.8) is 0 Å². The van der Waals surface area contributed by atoms with Gasteiger partial charge < -0.3 is 65.1 Å². The molecule has 14 heteroatoms. The molecule has 12 unspecified atom stereocenters. The van der Waals surface area contributed by atoms with E-state index in [1.54, 1.807) is 6.08 Å². The zero-order chi connectivity index (χ0) is 70.1. The molecule has 0 saturated carbocycles. The van der Waals surface area contributed by atoms with Gasteiger partial charge in [-0.05, 0) is 109 Å². The predicted molar refractivity (Wildman–Crippen MR) is 401 cm³/mol. The third-order valence-corrected chi connectivity index (χ3v) is 18.0. The summed E-state index contributed by atoms with van der Waals surface area (Å²) in [5, 5.41) is 87.6. The zero-order valence-corrected chi connectivity index (χ0v) is 60.8. The second kappa shape index (κ2) is 65.4. The van der Waals surface area contributed by atoms with Crippen molar-refractivity contribution in [2.75, 3.05) is 19.8 Å². The van der Waals surface area contributed by atoms with Gasteiger partial charge in [0, 0.05) is 6.42 Å². The van der Waals surface area contributed by atoms with E-state index in [2.05, 4.69) is 141 Å². The van der Waals surface area contributed by atoms with E-state index in [0.717, 1.165) is 116 Å². The van der Waals surface area contributed by atoms with Crippen LogP contribution in [0.5, 0.6) is 0 Å². The maximum Gasteiger partial charge on any atom is 0.220 e. The van der Waals surface area contributed by atoms with Crippen molar-refractivity contribution >= 4 is 5.91 Å². The highest BCUT2D eigenvalue weighted by Crippen LogP contribution is 2.30. The second-order valence-corrected chi connectivity index (χ2v) is 26.7. The molecule has 556 valence electrons. The summed E-state index contributed by atoms with van der Waals surface area (Å²) in [5.41, 5.74) is 0. The van der Waals surface area contributed by atoms with Gasteiger partial charge in [0.05, 0.1) is 32.0 Å². The van der Waals surface area contributed by atoms with E-state index in [9.17, 15) is 45.6 Å². The summed E-state index contributed by atoms with van der Waals surface area (Å²) in [6, 6.07) is -0.959. The SMILES string of the molecule is CC/C=C\C/C=C\C/C=C\C/C=C\C/C=C\C/C=C\C/C=C\C/C=C\CCCCCCCCC(=O)NC(COC1OC(CO)C(OC2OC(CO)C(O)C(O)C2O)C(O)C1O)C(O)/C=C/CC/C=C/CC/C=C/CCCCCCCCCCCCCCCCCCCCCCCC. The lowest BCUT2D eigenvalue weighted by Gasteiger charge is -2.46. The number of hydrogen-bond acceptors (Lipinski definition) is 13. The highest BCUT2D eigenvalue weighted by molar-refractivity contribution is 5.76. The summed E-state index contributed by atoms with van der Waals surface area (Å²) in [5.74, 6) is -0.271. The summed E-state index contributed by atoms with van der Waals surface area (Å²) in [4.78, 5) is 13.4. The molecule has 0 aliphatic carbocycles. The van der Waals surface area contributed by atoms with Crippen LogP contribution < -0.4 is 5.32 Å². The Bertz CT molecular complexity index is 2140. The van der Waals surface area contributed by atoms with Gasteiger partial charge in [-0.15, -0.1) is 0 Å². The molecule has 0 radical (unpaired) electrons. The van der Waals surface area contributed by atoms with Crippen LogP contribution in [0.1, 0.15) is 290 Å². The molecule has 2 aliphatic rings. The van der Waals surface area contributed by atoms with Crippen LogP contribution in [0.3, 0.4) is 0 Å². The maximum atomic E-state index is 13.4. The molecule has 2 fully saturated rings. The number of nitrogens with one attached hydrogen (secondary N) is 1. The molecule has 14 nitrogen and oxygen atoms in total. The Hall–Kier alpha value is -3.87. The third-order valence-electron chi connectivity index (χ3n) is 18.0. The molecular weight excluding hydrogens is 1220 g/mol. The molecule has 0 aromatic rings. The highest BCUT2D eigenvalue weighted by atomic mass is 16.7. The van der Waals surface area contributed by atoms with Gasteiger partial charge >= 0.3 is 0 Å². The number of aliphatic hydroxyl groups excluding tert-OH is 8. The number of carbonyl (C=O) groups is 1. The van der Waals surface area contributed by atoms with Gasteiger partial charge in [-0.25, -0.2) is 0 Å². The minimum Gasteiger partial charge on any atom is -0.394 e. The Morgan fingerprint density at radius 2 is 0.722 bits per heavy atom. The van der Waals surface area contributed by atoms with Crippen molar-refractivity contribution in [2.24, 2.45) is 0 Å². The van der Waals surface area contributed by atoms with Crippen LogP contribution in [0.2, 0.25) is 0 Å². The van der Waals surface area contributed by atoms with Gasteiger partial charge in [0.15, 0.2) is 12.6 Å². The van der Waals surface area contributed by atoms with Gasteiger partial charge in [-0.1, -0.05) is 308 Å². The average Bonchev–Trinajstić information content (AvgIpc) is 0.794. The van der Waals surface area contributed by atoms with E-state index in [1.165, 1.54) is 141 Å². The summed E-state index contributed by atoms with van der Waals surface area (Å²) in [6.07, 6.45) is 80.9. The Labute approximate surface area is 590 Å². The van der Waals surface area contributed by atoms with Crippen molar-refractivity contribution in [3.8, 4) is 0 Å². The fourth-order valence-corrected chi connectivity index (χ4v) is 11.9. The van der Waals surface area contributed by atoms with Crippen molar-refractivity contribution in [1.82, 2.24) is 5.32 Å². The minimum atomic E-state index is -1.80. The first kappa shape index (κ1) is 89.2. The normalized spacial score (nSPS) is 22.9. The molecular formula is C83H141NO13. The zero-order valence-electron chi connectivity index (χ0n) is 60.8. The standard InChI is InChI=1S/C83H141NO13/c1-3-5-7-9-11-13-15-17-19-21-23-25-27-29-31-33-35-37-38-40-42-44-46-48-50-52-54-56-58-60-62-64-66-72(87)71(70-94-82-80(93)78(91)81(74(69-86)96-82)97-83-79(92)77(90)76(89)73(68-85)95-83)84-75(88)67-65-63-61-59-57-55-53-51-49-47-45-43-41-39-36-34-32-30-28-26-24-22-20-18-16-14-12-10-8-6-4-2/h6,8,12,14,18,20,24,26,30,32,36,39,43,45,48-51,56,58,64,66,71-74,76-83,85-87,89-93H,3-5,7,9-11,13,15-17,19,21-23,25,27-29,31,33-35,37-38,40-42,44,46-47,52-55,57,59-63,65,67-70H2,1-2H3,(H,84,88)/b8-6-,14-12-,20-18-,26-24-,32-30-,39-36-,45-43-,50-48+,51-49-,58-56+,66-64+. The number of hydrogen-bond donors (Lipinski definition) is 9. The summed E-state index contributed by atoms with van der Waals surface area (Å²) in [6.45, 7) is 2.67. The Balaban J connectivity index is 1.69. The van der Waals surface area contributed by atoms with Gasteiger partial charge in [0.1, 0.15) is 48.8 Å². The summed E-state index contributed by atoms with van der Waals surface area (Å²) >= 11 is 0. The van der Waals surface area contributed by atoms with Crippen LogP contribution in [-0.2, 0) is 23.7 Å². The van der Waals surface area contributed by atoms with Crippen molar-refractivity contribution < 1.29 is 64.6 Å². The minimum absolute atomic E-state index is 0.244. The molecule has 0 bridgehead atoms. The molecule has 2 aliphatic heterocycles. The first-order chi connectivity index (χ1) is 47.6. The number of amides is 1. The number of allylic oxidation sites excluding steroid dienone is 21. The molecule has 9 N–H and O–H groups in total. The predicted octanol–water partition coefficient (Wildman–Crippen LogP) is 17.4. The largest absolute Gasteiger partial charge is 0.394 e. The molecule has 0 aromatic heterocycles. The molecule has 2 saturated heterocycles. The van der Waals surface area contributed by atoms with Gasteiger partial charge in [0.25, 0.3) is 0 Å². The van der Waals surface area contributed by atoms with E-state index in [-0.39, 0.29) is 18.9 Å². The Morgan fingerprint density at radius 3 is 1.13 bits per heavy atom. The number of ether oxygens (including phenoxy) is 4. The van der Waals surface area contributed by atoms with Crippen LogP contribution in [0, 0.1) is 0 Å². The van der Waals surface area contributed by atoms with E-state index in [4.69, 9.17) is 18.9 Å². The molecule has 2 heterocycles. The number of carbonyl (C=O) groups excluding carboxylic acids is 1. The summed E-state index contributed by atoms with van der Waals surface area (Å²) < 4.78 is 22.9. The van der Waals surface area contributed by atoms with E-state index in [0.29, 0.717) is 12.8 Å². The quantitative estimate of drug-likeness (QED) is 0.0204. The topological polar surface area (TPSA) is 228 Å². The van der Waals surface area contributed by atoms with Crippen molar-refractivity contribution in [2.45, 2.75) is 364 Å². The monoisotopic (exact) mass is 1360 g/mol. The van der Waals surface area contributed by atoms with E-state index < -0.39 is 86.8 Å². The van der Waals surface area contributed by atoms with Crippen LogP contribution in [-0.4, -0.2) is 140 Å². The van der Waals surface area contributed by atoms with Crippen molar-refractivity contribution in [3.05, 3.63) is 134 Å². The third kappa shape index (κ3) is 48.6. The average molecular weight is 1360 g/mol. The first-order valence-corrected chi connectivity index (χ1v) is 38.9. The Kier molecular flexibility index (Phi) is 60.2. The smallest absolute Gasteiger partial charge is 0.220 e. The fraction of sp³-hybridized carbons (Fsp3) is 0.723. The number of unbranched alkanes of at least 4 members (excludes halogenated alkanes) is 30.